The first-order valence-electron chi connectivity index (χ1n) is 4.34. The topological polar surface area (TPSA) is 35.5 Å². The standard InChI is InChI=1S/C10H9BrO3.Na.H/c11-7-1-3-8(4-2-7)14-9-5-6-13-10(9)12;;/h1-4,9H,5-6H2;;. The Morgan fingerprint density at radius 3 is 2.53 bits per heavy atom. The number of halogens is 1. The molecule has 1 aliphatic rings. The number of cyclic esters (lactones) is 1. The van der Waals surface area contributed by atoms with Crippen LogP contribution in [-0.4, -0.2) is 48.2 Å². The van der Waals surface area contributed by atoms with Gasteiger partial charge in [0.05, 0.1) is 6.61 Å². The molecule has 0 amide bonds. The minimum atomic E-state index is -0.434. The van der Waals surface area contributed by atoms with Gasteiger partial charge >= 0.3 is 35.5 Å². The van der Waals surface area contributed by atoms with Crippen molar-refractivity contribution in [1.82, 2.24) is 0 Å². The van der Waals surface area contributed by atoms with Crippen LogP contribution in [0.2, 0.25) is 0 Å². The van der Waals surface area contributed by atoms with Crippen LogP contribution < -0.4 is 4.74 Å². The van der Waals surface area contributed by atoms with Crippen molar-refractivity contribution in [2.75, 3.05) is 6.61 Å². The van der Waals surface area contributed by atoms with Gasteiger partial charge in [0.25, 0.3) is 0 Å². The van der Waals surface area contributed by atoms with Crippen molar-refractivity contribution in [3.8, 4) is 5.75 Å². The Balaban J connectivity index is 0.00000112. The fourth-order valence-electron chi connectivity index (χ4n) is 1.26. The Kier molecular flexibility index (Phi) is 5.12. The summed E-state index contributed by atoms with van der Waals surface area (Å²) in [6.07, 6.45) is 0.200. The van der Waals surface area contributed by atoms with E-state index in [9.17, 15) is 4.79 Å². The number of carbonyl (C=O) groups is 1. The molecule has 1 saturated heterocycles. The van der Waals surface area contributed by atoms with Gasteiger partial charge in [-0.05, 0) is 24.3 Å². The van der Waals surface area contributed by atoms with Crippen LogP contribution in [0, 0.1) is 0 Å². The second kappa shape index (κ2) is 5.89. The second-order valence-corrected chi connectivity index (χ2v) is 3.93. The van der Waals surface area contributed by atoms with Gasteiger partial charge in [-0.15, -0.1) is 0 Å². The van der Waals surface area contributed by atoms with Crippen molar-refractivity contribution < 1.29 is 14.3 Å². The van der Waals surface area contributed by atoms with E-state index in [0.29, 0.717) is 18.8 Å². The number of benzene rings is 1. The molecule has 1 atom stereocenters. The van der Waals surface area contributed by atoms with E-state index < -0.39 is 6.10 Å². The summed E-state index contributed by atoms with van der Waals surface area (Å²) in [7, 11) is 0. The fraction of sp³-hybridized carbons (Fsp3) is 0.300. The summed E-state index contributed by atoms with van der Waals surface area (Å²) in [4.78, 5) is 11.1. The molecule has 0 aliphatic carbocycles. The van der Waals surface area contributed by atoms with Crippen LogP contribution in [0.25, 0.3) is 0 Å². The van der Waals surface area contributed by atoms with Gasteiger partial charge in [0.15, 0.2) is 6.10 Å². The Labute approximate surface area is 119 Å². The molecule has 0 radical (unpaired) electrons. The van der Waals surface area contributed by atoms with Crippen molar-refractivity contribution in [2.24, 2.45) is 0 Å². The van der Waals surface area contributed by atoms with Gasteiger partial charge in [0, 0.05) is 10.9 Å². The summed E-state index contributed by atoms with van der Waals surface area (Å²) in [5.41, 5.74) is 0. The van der Waals surface area contributed by atoms with Crippen molar-refractivity contribution in [3.63, 3.8) is 0 Å². The molecule has 1 fully saturated rings. The Morgan fingerprint density at radius 1 is 1.33 bits per heavy atom. The van der Waals surface area contributed by atoms with E-state index in [1.165, 1.54) is 0 Å². The molecule has 0 N–H and O–H groups in total. The first-order chi connectivity index (χ1) is 6.75. The zero-order chi connectivity index (χ0) is 9.97. The third-order valence-electron chi connectivity index (χ3n) is 1.98. The number of carbonyl (C=O) groups excluding carboxylic acids is 1. The molecule has 1 aromatic rings. The molecular weight excluding hydrogens is 271 g/mol. The second-order valence-electron chi connectivity index (χ2n) is 3.02. The average molecular weight is 281 g/mol. The summed E-state index contributed by atoms with van der Waals surface area (Å²) < 4.78 is 11.2. The third-order valence-corrected chi connectivity index (χ3v) is 2.51. The van der Waals surface area contributed by atoms with E-state index in [1.807, 2.05) is 24.3 Å². The molecule has 1 unspecified atom stereocenters. The van der Waals surface area contributed by atoms with Crippen molar-refractivity contribution in [2.45, 2.75) is 12.5 Å². The molecule has 1 aromatic carbocycles. The molecule has 3 nitrogen and oxygen atoms in total. The number of esters is 1. The SMILES string of the molecule is O=C1OCCC1Oc1ccc(Br)cc1.[NaH]. The molecule has 5 heteroatoms. The Hall–Kier alpha value is -0.0300. The van der Waals surface area contributed by atoms with Crippen molar-refractivity contribution >= 4 is 51.5 Å². The first kappa shape index (κ1) is 13.0. The van der Waals surface area contributed by atoms with Gasteiger partial charge in [-0.25, -0.2) is 4.79 Å². The van der Waals surface area contributed by atoms with Crippen molar-refractivity contribution in [1.29, 1.82) is 0 Å². The van der Waals surface area contributed by atoms with Gasteiger partial charge in [-0.2, -0.15) is 0 Å². The van der Waals surface area contributed by atoms with Gasteiger partial charge in [0.1, 0.15) is 5.75 Å². The zero-order valence-electron chi connectivity index (χ0n) is 7.40. The van der Waals surface area contributed by atoms with E-state index in [0.717, 1.165) is 4.47 Å². The molecular formula is C10H10BrNaO3. The zero-order valence-corrected chi connectivity index (χ0v) is 8.99. The Bertz CT molecular complexity index is 339. The number of hydrogen-bond acceptors (Lipinski definition) is 3. The number of rotatable bonds is 2. The van der Waals surface area contributed by atoms with Crippen LogP contribution in [0.3, 0.4) is 0 Å². The summed E-state index contributed by atoms with van der Waals surface area (Å²) in [5, 5.41) is 0. The predicted molar refractivity (Wildman–Crippen MR) is 61.3 cm³/mol. The molecule has 1 aliphatic heterocycles. The molecule has 2 rings (SSSR count). The normalized spacial score (nSPS) is 19.3. The van der Waals surface area contributed by atoms with Gasteiger partial charge in [-0.3, -0.25) is 0 Å². The molecule has 0 saturated carbocycles. The van der Waals surface area contributed by atoms with Crippen LogP contribution in [0.4, 0.5) is 0 Å². The van der Waals surface area contributed by atoms with Gasteiger partial charge < -0.3 is 9.47 Å². The molecule has 15 heavy (non-hydrogen) atoms. The first-order valence-corrected chi connectivity index (χ1v) is 5.14. The quantitative estimate of drug-likeness (QED) is 0.608. The van der Waals surface area contributed by atoms with E-state index in [1.54, 1.807) is 0 Å². The van der Waals surface area contributed by atoms with Crippen LogP contribution in [0.1, 0.15) is 6.42 Å². The minimum absolute atomic E-state index is 0. The summed E-state index contributed by atoms with van der Waals surface area (Å²) in [5.74, 6) is 0.421. The predicted octanol–water partition coefficient (Wildman–Crippen LogP) is 1.49. The molecule has 0 spiro atoms. The van der Waals surface area contributed by atoms with Crippen LogP contribution in [-0.2, 0) is 9.53 Å². The van der Waals surface area contributed by atoms with E-state index in [2.05, 4.69) is 15.9 Å². The van der Waals surface area contributed by atoms with E-state index in [-0.39, 0.29) is 35.5 Å². The monoisotopic (exact) mass is 280 g/mol. The third kappa shape index (κ3) is 3.48. The number of hydrogen-bond donors (Lipinski definition) is 0. The van der Waals surface area contributed by atoms with Crippen LogP contribution in [0.15, 0.2) is 28.7 Å². The van der Waals surface area contributed by atoms with Gasteiger partial charge in [0.2, 0.25) is 0 Å². The van der Waals surface area contributed by atoms with E-state index in [4.69, 9.17) is 9.47 Å². The number of ether oxygens (including phenoxy) is 2. The van der Waals surface area contributed by atoms with Crippen LogP contribution in [0.5, 0.6) is 5.75 Å². The Morgan fingerprint density at radius 2 is 2.00 bits per heavy atom. The van der Waals surface area contributed by atoms with E-state index >= 15 is 0 Å². The average Bonchev–Trinajstić information content (AvgIpc) is 2.56. The summed E-state index contributed by atoms with van der Waals surface area (Å²) in [6.45, 7) is 0.458. The maximum atomic E-state index is 11.1. The van der Waals surface area contributed by atoms with Gasteiger partial charge in [-0.1, -0.05) is 15.9 Å². The molecule has 1 heterocycles. The fourth-order valence-corrected chi connectivity index (χ4v) is 1.53. The molecule has 0 bridgehead atoms. The van der Waals surface area contributed by atoms with Crippen LogP contribution >= 0.6 is 15.9 Å². The molecule has 0 aromatic heterocycles. The molecule has 76 valence electrons. The summed E-state index contributed by atoms with van der Waals surface area (Å²) >= 11 is 3.32. The van der Waals surface area contributed by atoms with Crippen molar-refractivity contribution in [3.05, 3.63) is 28.7 Å². The summed E-state index contributed by atoms with van der Waals surface area (Å²) in [6, 6.07) is 7.37. The maximum absolute atomic E-state index is 11.1.